The van der Waals surface area contributed by atoms with Crippen molar-refractivity contribution in [2.75, 3.05) is 20.1 Å². The van der Waals surface area contributed by atoms with Crippen molar-refractivity contribution in [1.29, 1.82) is 0 Å². The van der Waals surface area contributed by atoms with Crippen LogP contribution in [0.15, 0.2) is 52.1 Å². The summed E-state index contributed by atoms with van der Waals surface area (Å²) in [6, 6.07) is 12.1. The van der Waals surface area contributed by atoms with Crippen molar-refractivity contribution < 1.29 is 9.47 Å². The lowest BCUT2D eigenvalue weighted by molar-refractivity contribution is 0.354. The molecule has 9 nitrogen and oxygen atoms in total. The van der Waals surface area contributed by atoms with Gasteiger partial charge in [0.05, 0.1) is 25.1 Å². The lowest BCUT2D eigenvalue weighted by Gasteiger charge is -2.11. The van der Waals surface area contributed by atoms with Gasteiger partial charge in [0.1, 0.15) is 5.69 Å². The van der Waals surface area contributed by atoms with Crippen molar-refractivity contribution in [2.24, 2.45) is 0 Å². The van der Waals surface area contributed by atoms with Crippen molar-refractivity contribution in [3.63, 3.8) is 0 Å². The maximum absolute atomic E-state index is 12.8. The van der Waals surface area contributed by atoms with Gasteiger partial charge in [0.2, 0.25) is 0 Å². The molecule has 2 aromatic heterocycles. The molecule has 2 heterocycles. The Hall–Kier alpha value is -3.88. The Labute approximate surface area is 158 Å². The van der Waals surface area contributed by atoms with Gasteiger partial charge in [-0.2, -0.15) is 14.3 Å². The van der Waals surface area contributed by atoms with Crippen LogP contribution < -0.4 is 26.4 Å². The number of ether oxygens (including phenoxy) is 2. The van der Waals surface area contributed by atoms with Gasteiger partial charge in [0.25, 0.3) is 16.9 Å². The van der Waals surface area contributed by atoms with Gasteiger partial charge in [0.15, 0.2) is 11.5 Å². The molecule has 0 saturated carbocycles. The first-order chi connectivity index (χ1) is 13.5. The number of nitrogens with two attached hydrogens (primary N) is 1. The van der Waals surface area contributed by atoms with Gasteiger partial charge in [-0.15, -0.1) is 0 Å². The molecule has 0 aliphatic carbocycles. The molecule has 2 aromatic carbocycles. The number of aromatic nitrogens is 4. The predicted octanol–water partition coefficient (Wildman–Crippen LogP) is 0.726. The molecule has 0 aliphatic rings. The van der Waals surface area contributed by atoms with Crippen molar-refractivity contribution in [1.82, 2.24) is 19.3 Å². The van der Waals surface area contributed by atoms with Crippen molar-refractivity contribution in [2.45, 2.75) is 6.42 Å². The molecule has 0 spiro atoms. The van der Waals surface area contributed by atoms with E-state index in [0.717, 1.165) is 14.8 Å². The standard InChI is InChI=1S/C19H17N5O4/c1-27-15-8-7-11(10-16(15)28-2)9-14-18(26)23(20)19-21-13-6-4-3-5-12(13)17(25)24(19)22-14/h3-8,10H,9,20H2,1-2H3. The summed E-state index contributed by atoms with van der Waals surface area (Å²) < 4.78 is 12.4. The number of para-hydroxylation sites is 1. The molecule has 142 valence electrons. The lowest BCUT2D eigenvalue weighted by Crippen LogP contribution is -2.37. The van der Waals surface area contributed by atoms with Gasteiger partial charge in [-0.05, 0) is 29.8 Å². The third kappa shape index (κ3) is 2.73. The number of rotatable bonds is 4. The van der Waals surface area contributed by atoms with E-state index >= 15 is 0 Å². The summed E-state index contributed by atoms with van der Waals surface area (Å²) in [5, 5.41) is 4.63. The van der Waals surface area contributed by atoms with E-state index in [1.807, 2.05) is 0 Å². The fourth-order valence-electron chi connectivity index (χ4n) is 3.05. The Bertz CT molecular complexity index is 1330. The highest BCUT2D eigenvalue weighted by Crippen LogP contribution is 2.28. The van der Waals surface area contributed by atoms with Crippen LogP contribution in [0.4, 0.5) is 0 Å². The van der Waals surface area contributed by atoms with E-state index in [4.69, 9.17) is 15.3 Å². The Morgan fingerprint density at radius 2 is 1.75 bits per heavy atom. The SMILES string of the molecule is COc1ccc(Cc2nn3c(=O)c4ccccc4nc3n(N)c2=O)cc1OC. The van der Waals surface area contributed by atoms with Gasteiger partial charge in [-0.25, -0.2) is 4.98 Å². The number of hydrogen-bond donors (Lipinski definition) is 1. The van der Waals surface area contributed by atoms with Crippen LogP contribution in [0.1, 0.15) is 11.3 Å². The Kier molecular flexibility index (Phi) is 4.19. The van der Waals surface area contributed by atoms with E-state index in [1.165, 1.54) is 7.11 Å². The summed E-state index contributed by atoms with van der Waals surface area (Å²) in [6.45, 7) is 0. The second-order valence-electron chi connectivity index (χ2n) is 6.13. The minimum absolute atomic E-state index is 0.0234. The third-order valence-corrected chi connectivity index (χ3v) is 4.46. The molecule has 0 saturated heterocycles. The number of nitrogens with zero attached hydrogens (tertiary/aromatic N) is 4. The van der Waals surface area contributed by atoms with Crippen LogP contribution in [-0.2, 0) is 6.42 Å². The van der Waals surface area contributed by atoms with Crippen molar-refractivity contribution in [3.05, 3.63) is 74.4 Å². The second-order valence-corrected chi connectivity index (χ2v) is 6.13. The second kappa shape index (κ2) is 6.69. The van der Waals surface area contributed by atoms with Gasteiger partial charge in [-0.1, -0.05) is 18.2 Å². The van der Waals surface area contributed by atoms with Gasteiger partial charge >= 0.3 is 0 Å². The van der Waals surface area contributed by atoms with Crippen molar-refractivity contribution in [3.8, 4) is 11.5 Å². The average molecular weight is 379 g/mol. The zero-order valence-electron chi connectivity index (χ0n) is 15.2. The first-order valence-corrected chi connectivity index (χ1v) is 8.43. The number of hydrogen-bond acceptors (Lipinski definition) is 7. The van der Waals surface area contributed by atoms with Crippen LogP contribution in [0.5, 0.6) is 11.5 Å². The quantitative estimate of drug-likeness (QED) is 0.411. The third-order valence-electron chi connectivity index (χ3n) is 4.46. The van der Waals surface area contributed by atoms with Gasteiger partial charge in [-0.3, -0.25) is 9.59 Å². The highest BCUT2D eigenvalue weighted by atomic mass is 16.5. The highest BCUT2D eigenvalue weighted by Gasteiger charge is 2.15. The molecule has 0 radical (unpaired) electrons. The Balaban J connectivity index is 1.90. The molecule has 28 heavy (non-hydrogen) atoms. The molecule has 0 amide bonds. The maximum atomic E-state index is 12.8. The molecular formula is C19H17N5O4. The fourth-order valence-corrected chi connectivity index (χ4v) is 3.05. The van der Waals surface area contributed by atoms with Crippen LogP contribution in [0.25, 0.3) is 16.7 Å². The fraction of sp³-hybridized carbons (Fsp3) is 0.158. The molecule has 0 atom stereocenters. The molecule has 9 heteroatoms. The molecule has 4 rings (SSSR count). The van der Waals surface area contributed by atoms with Crippen LogP contribution in [0.3, 0.4) is 0 Å². The molecule has 0 unspecified atom stereocenters. The topological polar surface area (TPSA) is 114 Å². The Morgan fingerprint density at radius 1 is 1.00 bits per heavy atom. The highest BCUT2D eigenvalue weighted by molar-refractivity contribution is 5.78. The van der Waals surface area contributed by atoms with E-state index in [1.54, 1.807) is 49.6 Å². The maximum Gasteiger partial charge on any atom is 0.295 e. The number of fused-ring (bicyclic) bond motifs is 2. The smallest absolute Gasteiger partial charge is 0.295 e. The summed E-state index contributed by atoms with van der Waals surface area (Å²) in [5.74, 6) is 7.01. The number of nitrogen functional groups attached to an aromatic ring is 1. The molecule has 4 aromatic rings. The molecule has 0 bridgehead atoms. The summed E-state index contributed by atoms with van der Waals surface area (Å²) in [5.41, 5.74) is 0.385. The molecular weight excluding hydrogens is 362 g/mol. The van der Waals surface area contributed by atoms with Crippen LogP contribution in [0.2, 0.25) is 0 Å². The zero-order chi connectivity index (χ0) is 19.8. The Morgan fingerprint density at radius 3 is 2.50 bits per heavy atom. The molecule has 0 aliphatic heterocycles. The zero-order valence-corrected chi connectivity index (χ0v) is 15.2. The molecule has 2 N–H and O–H groups in total. The lowest BCUT2D eigenvalue weighted by atomic mass is 10.1. The van der Waals surface area contributed by atoms with Gasteiger partial charge in [0, 0.05) is 6.42 Å². The summed E-state index contributed by atoms with van der Waals surface area (Å²) in [7, 11) is 3.07. The van der Waals surface area contributed by atoms with Crippen LogP contribution in [-0.4, -0.2) is 33.5 Å². The first-order valence-electron chi connectivity index (χ1n) is 8.43. The van der Waals surface area contributed by atoms with Crippen LogP contribution >= 0.6 is 0 Å². The van der Waals surface area contributed by atoms with Gasteiger partial charge < -0.3 is 15.3 Å². The average Bonchev–Trinajstić information content (AvgIpc) is 2.72. The normalized spacial score (nSPS) is 11.1. The van der Waals surface area contributed by atoms with Crippen LogP contribution in [0, 0.1) is 0 Å². The van der Waals surface area contributed by atoms with E-state index < -0.39 is 11.1 Å². The summed E-state index contributed by atoms with van der Waals surface area (Å²) in [4.78, 5) is 29.8. The van der Waals surface area contributed by atoms with E-state index in [2.05, 4.69) is 10.1 Å². The summed E-state index contributed by atoms with van der Waals surface area (Å²) >= 11 is 0. The van der Waals surface area contributed by atoms with Crippen molar-refractivity contribution >= 4 is 16.7 Å². The first kappa shape index (κ1) is 17.5. The molecule has 0 fully saturated rings. The predicted molar refractivity (Wildman–Crippen MR) is 104 cm³/mol. The minimum atomic E-state index is -0.531. The number of benzene rings is 2. The largest absolute Gasteiger partial charge is 0.493 e. The summed E-state index contributed by atoms with van der Waals surface area (Å²) in [6.07, 6.45) is 0.158. The van der Waals surface area contributed by atoms with E-state index in [-0.39, 0.29) is 17.9 Å². The van der Waals surface area contributed by atoms with E-state index in [0.29, 0.717) is 22.4 Å². The number of methoxy groups -OCH3 is 2. The van der Waals surface area contributed by atoms with E-state index in [9.17, 15) is 9.59 Å². The monoisotopic (exact) mass is 379 g/mol. The minimum Gasteiger partial charge on any atom is -0.493 e.